The Labute approximate surface area is 101 Å². The third-order valence-electron chi connectivity index (χ3n) is 2.95. The molecule has 0 unspecified atom stereocenters. The summed E-state index contributed by atoms with van der Waals surface area (Å²) in [6.07, 6.45) is 3.43. The number of rotatable bonds is 3. The highest BCUT2D eigenvalue weighted by Crippen LogP contribution is 2.14. The summed E-state index contributed by atoms with van der Waals surface area (Å²) >= 11 is 0. The minimum atomic E-state index is 0.0709. The van der Waals surface area contributed by atoms with E-state index >= 15 is 0 Å². The number of nitrogens with two attached hydrogens (primary N) is 1. The molecule has 2 rings (SSSR count). The van der Waals surface area contributed by atoms with Crippen LogP contribution in [0.5, 0.6) is 5.75 Å². The van der Waals surface area contributed by atoms with E-state index < -0.39 is 0 Å². The molecule has 1 aromatic rings. The molecule has 2 N–H and O–H groups in total. The predicted molar refractivity (Wildman–Crippen MR) is 66.8 cm³/mol. The van der Waals surface area contributed by atoms with Crippen molar-refractivity contribution < 1.29 is 9.53 Å². The zero-order valence-corrected chi connectivity index (χ0v) is 9.89. The first-order chi connectivity index (χ1) is 8.25. The van der Waals surface area contributed by atoms with Crippen molar-refractivity contribution in [3.8, 4) is 5.75 Å². The average Bonchev–Trinajstić information content (AvgIpc) is 2.39. The second-order valence-electron chi connectivity index (χ2n) is 4.30. The Bertz CT molecular complexity index is 370. The van der Waals surface area contributed by atoms with Crippen LogP contribution in [-0.4, -0.2) is 30.5 Å². The third kappa shape index (κ3) is 3.37. The molecule has 0 aromatic heterocycles. The van der Waals surface area contributed by atoms with Crippen LogP contribution >= 0.6 is 0 Å². The van der Waals surface area contributed by atoms with Crippen molar-refractivity contribution in [1.29, 1.82) is 0 Å². The summed E-state index contributed by atoms with van der Waals surface area (Å²) < 4.78 is 5.43. The van der Waals surface area contributed by atoms with Crippen LogP contribution < -0.4 is 10.5 Å². The lowest BCUT2D eigenvalue weighted by Gasteiger charge is -2.26. The fourth-order valence-electron chi connectivity index (χ4n) is 1.94. The molecule has 4 heteroatoms. The van der Waals surface area contributed by atoms with Crippen molar-refractivity contribution in [3.63, 3.8) is 0 Å². The summed E-state index contributed by atoms with van der Waals surface area (Å²) in [4.78, 5) is 13.7. The average molecular weight is 234 g/mol. The Morgan fingerprint density at radius 1 is 1.18 bits per heavy atom. The Balaban J connectivity index is 1.81. The smallest absolute Gasteiger partial charge is 0.260 e. The second kappa shape index (κ2) is 5.57. The van der Waals surface area contributed by atoms with Crippen molar-refractivity contribution in [2.75, 3.05) is 25.4 Å². The summed E-state index contributed by atoms with van der Waals surface area (Å²) in [5.74, 6) is 0.756. The number of anilines is 1. The van der Waals surface area contributed by atoms with Gasteiger partial charge in [-0.25, -0.2) is 0 Å². The van der Waals surface area contributed by atoms with Gasteiger partial charge < -0.3 is 15.4 Å². The van der Waals surface area contributed by atoms with E-state index in [1.807, 2.05) is 4.90 Å². The van der Waals surface area contributed by atoms with Gasteiger partial charge >= 0.3 is 0 Å². The highest BCUT2D eigenvalue weighted by atomic mass is 16.5. The van der Waals surface area contributed by atoms with Gasteiger partial charge in [-0.1, -0.05) is 0 Å². The molecule has 4 nitrogen and oxygen atoms in total. The van der Waals surface area contributed by atoms with E-state index in [2.05, 4.69) is 0 Å². The fourth-order valence-corrected chi connectivity index (χ4v) is 1.94. The van der Waals surface area contributed by atoms with Crippen LogP contribution in [0.2, 0.25) is 0 Å². The first-order valence-corrected chi connectivity index (χ1v) is 6.02. The van der Waals surface area contributed by atoms with Gasteiger partial charge in [0.25, 0.3) is 5.91 Å². The molecule has 1 heterocycles. The molecule has 0 spiro atoms. The molecule has 0 bridgehead atoms. The first kappa shape index (κ1) is 11.8. The molecule has 1 aliphatic heterocycles. The summed E-state index contributed by atoms with van der Waals surface area (Å²) in [6.45, 7) is 1.85. The number of nitrogens with zero attached hydrogens (tertiary/aromatic N) is 1. The third-order valence-corrected chi connectivity index (χ3v) is 2.95. The van der Waals surface area contributed by atoms with E-state index in [-0.39, 0.29) is 12.5 Å². The lowest BCUT2D eigenvalue weighted by Crippen LogP contribution is -2.38. The number of carbonyl (C=O) groups excluding carboxylic acids is 1. The minimum Gasteiger partial charge on any atom is -0.484 e. The van der Waals surface area contributed by atoms with Crippen LogP contribution in [0.15, 0.2) is 24.3 Å². The van der Waals surface area contributed by atoms with Crippen LogP contribution in [-0.2, 0) is 4.79 Å². The van der Waals surface area contributed by atoms with Crippen LogP contribution in [0, 0.1) is 0 Å². The van der Waals surface area contributed by atoms with Gasteiger partial charge in [0.2, 0.25) is 0 Å². The van der Waals surface area contributed by atoms with Gasteiger partial charge in [-0.15, -0.1) is 0 Å². The monoisotopic (exact) mass is 234 g/mol. The number of carbonyl (C=O) groups is 1. The highest BCUT2D eigenvalue weighted by molar-refractivity contribution is 5.77. The number of nitrogen functional groups attached to an aromatic ring is 1. The SMILES string of the molecule is Nc1ccc(OCC(=O)N2CCCCC2)cc1. The molecule has 1 saturated heterocycles. The molecule has 17 heavy (non-hydrogen) atoms. The van der Waals surface area contributed by atoms with E-state index in [0.29, 0.717) is 11.4 Å². The molecule has 92 valence electrons. The van der Waals surface area contributed by atoms with Gasteiger partial charge in [-0.05, 0) is 43.5 Å². The van der Waals surface area contributed by atoms with Crippen molar-refractivity contribution >= 4 is 11.6 Å². The fraction of sp³-hybridized carbons (Fsp3) is 0.462. The van der Waals surface area contributed by atoms with E-state index in [0.717, 1.165) is 25.9 Å². The number of piperidine rings is 1. The molecular weight excluding hydrogens is 216 g/mol. The van der Waals surface area contributed by atoms with Gasteiger partial charge in [-0.2, -0.15) is 0 Å². The largest absolute Gasteiger partial charge is 0.484 e. The van der Waals surface area contributed by atoms with Crippen molar-refractivity contribution in [2.45, 2.75) is 19.3 Å². The van der Waals surface area contributed by atoms with E-state index in [1.165, 1.54) is 6.42 Å². The van der Waals surface area contributed by atoms with E-state index in [4.69, 9.17) is 10.5 Å². The lowest BCUT2D eigenvalue weighted by atomic mass is 10.1. The van der Waals surface area contributed by atoms with Gasteiger partial charge in [0, 0.05) is 18.8 Å². The highest BCUT2D eigenvalue weighted by Gasteiger charge is 2.16. The second-order valence-corrected chi connectivity index (χ2v) is 4.30. The maximum Gasteiger partial charge on any atom is 0.260 e. The maximum atomic E-state index is 11.8. The van der Waals surface area contributed by atoms with Crippen molar-refractivity contribution in [3.05, 3.63) is 24.3 Å². The molecule has 0 radical (unpaired) electrons. The Kier molecular flexibility index (Phi) is 3.85. The topological polar surface area (TPSA) is 55.6 Å². The zero-order valence-electron chi connectivity index (χ0n) is 9.89. The van der Waals surface area contributed by atoms with Crippen LogP contribution in [0.1, 0.15) is 19.3 Å². The number of hydrogen-bond acceptors (Lipinski definition) is 3. The Morgan fingerprint density at radius 3 is 2.47 bits per heavy atom. The standard InChI is InChI=1S/C13H18N2O2/c14-11-4-6-12(7-5-11)17-10-13(16)15-8-2-1-3-9-15/h4-7H,1-3,8-10,14H2. The Morgan fingerprint density at radius 2 is 1.82 bits per heavy atom. The minimum absolute atomic E-state index is 0.0709. The molecule has 0 atom stereocenters. The maximum absolute atomic E-state index is 11.8. The van der Waals surface area contributed by atoms with Gasteiger partial charge in [0.1, 0.15) is 5.75 Å². The summed E-state index contributed by atoms with van der Waals surface area (Å²) in [5.41, 5.74) is 6.26. The molecule has 1 aromatic carbocycles. The number of likely N-dealkylation sites (tertiary alicyclic amines) is 1. The quantitative estimate of drug-likeness (QED) is 0.809. The summed E-state index contributed by atoms with van der Waals surface area (Å²) in [6, 6.07) is 7.08. The number of ether oxygens (including phenoxy) is 1. The van der Waals surface area contributed by atoms with E-state index in [1.54, 1.807) is 24.3 Å². The van der Waals surface area contributed by atoms with Crippen molar-refractivity contribution in [2.24, 2.45) is 0 Å². The zero-order chi connectivity index (χ0) is 12.1. The normalized spacial score (nSPS) is 15.6. The van der Waals surface area contributed by atoms with Crippen LogP contribution in [0.4, 0.5) is 5.69 Å². The number of amides is 1. The molecular formula is C13H18N2O2. The Hall–Kier alpha value is -1.71. The molecule has 0 saturated carbocycles. The molecule has 1 aliphatic rings. The van der Waals surface area contributed by atoms with Crippen LogP contribution in [0.3, 0.4) is 0 Å². The van der Waals surface area contributed by atoms with Gasteiger partial charge in [0.15, 0.2) is 6.61 Å². The molecule has 1 amide bonds. The number of benzene rings is 1. The van der Waals surface area contributed by atoms with Crippen LogP contribution in [0.25, 0.3) is 0 Å². The van der Waals surface area contributed by atoms with E-state index in [9.17, 15) is 4.79 Å². The summed E-state index contributed by atoms with van der Waals surface area (Å²) in [7, 11) is 0. The van der Waals surface area contributed by atoms with Crippen molar-refractivity contribution in [1.82, 2.24) is 4.90 Å². The molecule has 0 aliphatic carbocycles. The summed E-state index contributed by atoms with van der Waals surface area (Å²) in [5, 5.41) is 0. The van der Waals surface area contributed by atoms with Gasteiger partial charge in [0.05, 0.1) is 0 Å². The molecule has 1 fully saturated rings. The predicted octanol–water partition coefficient (Wildman–Crippen LogP) is 1.66. The lowest BCUT2D eigenvalue weighted by molar-refractivity contribution is -0.134. The first-order valence-electron chi connectivity index (χ1n) is 6.02. The van der Waals surface area contributed by atoms with Gasteiger partial charge in [-0.3, -0.25) is 4.79 Å². The number of hydrogen-bond donors (Lipinski definition) is 1.